The fourth-order valence-corrected chi connectivity index (χ4v) is 3.86. The number of ether oxygens (including phenoxy) is 2. The van der Waals surface area contributed by atoms with Crippen LogP contribution in [0.25, 0.3) is 0 Å². The third-order valence-electron chi connectivity index (χ3n) is 4.48. The number of carbonyl (C=O) groups excluding carboxylic acids is 3. The summed E-state index contributed by atoms with van der Waals surface area (Å²) in [6.07, 6.45) is 0.732. The Morgan fingerprint density at radius 2 is 1.64 bits per heavy atom. The van der Waals surface area contributed by atoms with Gasteiger partial charge in [-0.05, 0) is 36.8 Å². The quantitative estimate of drug-likeness (QED) is 0.544. The lowest BCUT2D eigenvalue weighted by Crippen LogP contribution is -2.31. The van der Waals surface area contributed by atoms with Gasteiger partial charge in [0, 0.05) is 19.0 Å². The summed E-state index contributed by atoms with van der Waals surface area (Å²) in [4.78, 5) is 36.2. The number of nitrogens with zero attached hydrogens (tertiary/aromatic N) is 1. The SMILES string of the molecule is COC(=O)c1ccc(C(=O)OC)c(NC(=O)CCCN(c2ccc(F)c(F)c2)S(C)(=O)=O)c1. The maximum absolute atomic E-state index is 13.5. The molecule has 0 saturated heterocycles. The van der Waals surface area contributed by atoms with Gasteiger partial charge < -0.3 is 14.8 Å². The van der Waals surface area contributed by atoms with Crippen LogP contribution in [0, 0.1) is 11.6 Å². The molecule has 0 aliphatic heterocycles. The molecule has 0 atom stereocenters. The normalized spacial score (nSPS) is 10.9. The molecule has 9 nitrogen and oxygen atoms in total. The van der Waals surface area contributed by atoms with Gasteiger partial charge >= 0.3 is 11.9 Å². The van der Waals surface area contributed by atoms with Gasteiger partial charge in [-0.1, -0.05) is 0 Å². The smallest absolute Gasteiger partial charge is 0.339 e. The van der Waals surface area contributed by atoms with E-state index in [-0.39, 0.29) is 41.9 Å². The maximum atomic E-state index is 13.5. The van der Waals surface area contributed by atoms with Crippen LogP contribution in [0.1, 0.15) is 33.6 Å². The molecule has 12 heteroatoms. The molecule has 0 radical (unpaired) electrons. The molecule has 178 valence electrons. The number of methoxy groups -OCH3 is 2. The first-order chi connectivity index (χ1) is 15.5. The minimum atomic E-state index is -3.84. The van der Waals surface area contributed by atoms with E-state index < -0.39 is 39.5 Å². The number of benzene rings is 2. The number of carbonyl (C=O) groups is 3. The monoisotopic (exact) mass is 484 g/mol. The Bertz CT molecular complexity index is 1170. The van der Waals surface area contributed by atoms with Crippen molar-refractivity contribution in [1.29, 1.82) is 0 Å². The summed E-state index contributed by atoms with van der Waals surface area (Å²) in [6.45, 7) is -0.191. The van der Waals surface area contributed by atoms with E-state index >= 15 is 0 Å². The summed E-state index contributed by atoms with van der Waals surface area (Å²) in [5.74, 6) is -4.34. The maximum Gasteiger partial charge on any atom is 0.339 e. The average molecular weight is 484 g/mol. The van der Waals surface area contributed by atoms with Crippen LogP contribution in [0.4, 0.5) is 20.2 Å². The van der Waals surface area contributed by atoms with Gasteiger partial charge in [0.2, 0.25) is 15.9 Å². The Kier molecular flexibility index (Phi) is 8.46. The van der Waals surface area contributed by atoms with Crippen molar-refractivity contribution in [2.45, 2.75) is 12.8 Å². The van der Waals surface area contributed by atoms with Crippen molar-refractivity contribution in [3.63, 3.8) is 0 Å². The highest BCUT2D eigenvalue weighted by molar-refractivity contribution is 7.92. The summed E-state index contributed by atoms with van der Waals surface area (Å²) < 4.78 is 61.0. The molecule has 0 aliphatic carbocycles. The number of hydrogen-bond donors (Lipinski definition) is 1. The van der Waals surface area contributed by atoms with Crippen molar-refractivity contribution in [2.24, 2.45) is 0 Å². The van der Waals surface area contributed by atoms with Crippen molar-refractivity contribution >= 4 is 39.2 Å². The first kappa shape index (κ1) is 25.7. The summed E-state index contributed by atoms with van der Waals surface area (Å²) >= 11 is 0. The van der Waals surface area contributed by atoms with E-state index in [1.165, 1.54) is 25.3 Å². The van der Waals surface area contributed by atoms with Crippen molar-refractivity contribution < 1.29 is 41.1 Å². The number of halogens is 2. The zero-order valence-electron chi connectivity index (χ0n) is 18.1. The number of sulfonamides is 1. The predicted molar refractivity (Wildman–Crippen MR) is 116 cm³/mol. The molecule has 33 heavy (non-hydrogen) atoms. The van der Waals surface area contributed by atoms with Crippen molar-refractivity contribution in [1.82, 2.24) is 0 Å². The molecule has 0 spiro atoms. The summed E-state index contributed by atoms with van der Waals surface area (Å²) in [5, 5.41) is 2.49. The van der Waals surface area contributed by atoms with E-state index in [1.54, 1.807) is 0 Å². The zero-order chi connectivity index (χ0) is 24.8. The lowest BCUT2D eigenvalue weighted by Gasteiger charge is -2.22. The van der Waals surface area contributed by atoms with Crippen LogP contribution >= 0.6 is 0 Å². The van der Waals surface area contributed by atoms with Gasteiger partial charge in [0.25, 0.3) is 0 Å². The number of anilines is 2. The molecule has 0 saturated carbocycles. The Hall–Kier alpha value is -3.54. The van der Waals surface area contributed by atoms with Crippen LogP contribution in [0.2, 0.25) is 0 Å². The second-order valence-electron chi connectivity index (χ2n) is 6.83. The number of esters is 2. The molecule has 1 amide bonds. The van der Waals surface area contributed by atoms with Gasteiger partial charge in [-0.25, -0.2) is 26.8 Å². The Labute approximate surface area is 189 Å². The van der Waals surface area contributed by atoms with Crippen molar-refractivity contribution in [3.05, 3.63) is 59.2 Å². The summed E-state index contributed by atoms with van der Waals surface area (Å²) in [5.41, 5.74) is 0.00554. The van der Waals surface area contributed by atoms with Crippen LogP contribution in [0.15, 0.2) is 36.4 Å². The van der Waals surface area contributed by atoms with Crippen LogP contribution in [-0.2, 0) is 24.3 Å². The molecular formula is C21H22F2N2O7S. The number of amides is 1. The van der Waals surface area contributed by atoms with Crippen molar-refractivity contribution in [3.8, 4) is 0 Å². The minimum Gasteiger partial charge on any atom is -0.465 e. The Balaban J connectivity index is 2.14. The summed E-state index contributed by atoms with van der Waals surface area (Å²) in [6, 6.07) is 6.54. The Morgan fingerprint density at radius 3 is 2.21 bits per heavy atom. The Morgan fingerprint density at radius 1 is 0.970 bits per heavy atom. The van der Waals surface area contributed by atoms with Gasteiger partial charge in [-0.15, -0.1) is 0 Å². The molecule has 2 rings (SSSR count). The highest BCUT2D eigenvalue weighted by Gasteiger charge is 2.20. The third-order valence-corrected chi connectivity index (χ3v) is 5.67. The molecule has 0 bridgehead atoms. The van der Waals surface area contributed by atoms with Gasteiger partial charge in [-0.3, -0.25) is 9.10 Å². The number of nitrogens with one attached hydrogen (secondary N) is 1. The van der Waals surface area contributed by atoms with E-state index in [0.29, 0.717) is 0 Å². The van der Waals surface area contributed by atoms with Crippen LogP contribution in [0.3, 0.4) is 0 Å². The highest BCUT2D eigenvalue weighted by Crippen LogP contribution is 2.22. The molecular weight excluding hydrogens is 462 g/mol. The van der Waals surface area contributed by atoms with E-state index in [9.17, 15) is 31.6 Å². The number of hydrogen-bond acceptors (Lipinski definition) is 7. The predicted octanol–water partition coefficient (Wildman–Crippen LogP) is 2.72. The largest absolute Gasteiger partial charge is 0.465 e. The first-order valence-electron chi connectivity index (χ1n) is 9.51. The van der Waals surface area contributed by atoms with Gasteiger partial charge in [0.1, 0.15) is 0 Å². The van der Waals surface area contributed by atoms with Gasteiger partial charge in [0.15, 0.2) is 11.6 Å². The minimum absolute atomic E-state index is 0.00180. The first-order valence-corrected chi connectivity index (χ1v) is 11.4. The van der Waals surface area contributed by atoms with Crippen LogP contribution < -0.4 is 9.62 Å². The van der Waals surface area contributed by atoms with Crippen LogP contribution in [0.5, 0.6) is 0 Å². The van der Waals surface area contributed by atoms with Crippen molar-refractivity contribution in [2.75, 3.05) is 36.6 Å². The lowest BCUT2D eigenvalue weighted by molar-refractivity contribution is -0.116. The van der Waals surface area contributed by atoms with E-state index in [4.69, 9.17) is 0 Å². The van der Waals surface area contributed by atoms with E-state index in [1.807, 2.05) is 0 Å². The second kappa shape index (κ2) is 10.9. The fourth-order valence-electron chi connectivity index (χ4n) is 2.90. The molecule has 0 heterocycles. The summed E-state index contributed by atoms with van der Waals surface area (Å²) in [7, 11) is -1.51. The average Bonchev–Trinajstić information content (AvgIpc) is 2.76. The topological polar surface area (TPSA) is 119 Å². The fraction of sp³-hybridized carbons (Fsp3) is 0.286. The van der Waals surface area contributed by atoms with E-state index in [0.717, 1.165) is 35.9 Å². The zero-order valence-corrected chi connectivity index (χ0v) is 18.9. The molecule has 0 fully saturated rings. The number of rotatable bonds is 9. The molecule has 1 N–H and O–H groups in total. The second-order valence-corrected chi connectivity index (χ2v) is 8.74. The molecule has 0 unspecified atom stereocenters. The molecule has 0 aromatic heterocycles. The molecule has 2 aromatic carbocycles. The molecule has 2 aromatic rings. The van der Waals surface area contributed by atoms with Gasteiger partial charge in [0.05, 0.1) is 43.0 Å². The van der Waals surface area contributed by atoms with Gasteiger partial charge in [-0.2, -0.15) is 0 Å². The molecule has 0 aliphatic rings. The standard InChI is InChI=1S/C21H22F2N2O7S/c1-31-20(27)13-6-8-15(21(28)32-2)18(11-13)24-19(26)5-4-10-25(33(3,29)30)14-7-9-16(22)17(23)12-14/h6-9,11-12H,4-5,10H2,1-3H3,(H,24,26). The van der Waals surface area contributed by atoms with Crippen LogP contribution in [-0.4, -0.2) is 53.3 Å². The third kappa shape index (κ3) is 6.72. The van der Waals surface area contributed by atoms with E-state index in [2.05, 4.69) is 14.8 Å². The lowest BCUT2D eigenvalue weighted by atomic mass is 10.1. The highest BCUT2D eigenvalue weighted by atomic mass is 32.2.